The Labute approximate surface area is 107 Å². The lowest BCUT2D eigenvalue weighted by Gasteiger charge is -2.19. The number of hydrogen-bond acceptors (Lipinski definition) is 4. The van der Waals surface area contributed by atoms with Crippen LogP contribution in [0.1, 0.15) is 26.3 Å². The van der Waals surface area contributed by atoms with E-state index in [0.29, 0.717) is 11.7 Å². The zero-order valence-corrected chi connectivity index (χ0v) is 10.8. The average molecular weight is 243 g/mol. The standard InChI is InChI=1S/C14H17N3O/c1-14(2,3)10-4-6-11(7-5-10)18-13-9-16-12(15)8-17-13/h4-9H,1-3H3,(H2,15,16). The van der Waals surface area contributed by atoms with Crippen LogP contribution in [0.15, 0.2) is 36.7 Å². The van der Waals surface area contributed by atoms with Crippen LogP contribution in [0.4, 0.5) is 5.82 Å². The molecule has 0 bridgehead atoms. The van der Waals surface area contributed by atoms with Crippen molar-refractivity contribution in [3.05, 3.63) is 42.2 Å². The summed E-state index contributed by atoms with van der Waals surface area (Å²) >= 11 is 0. The van der Waals surface area contributed by atoms with Crippen molar-refractivity contribution in [3.8, 4) is 11.6 Å². The van der Waals surface area contributed by atoms with Crippen LogP contribution in [0.25, 0.3) is 0 Å². The second-order valence-corrected chi connectivity index (χ2v) is 5.16. The van der Waals surface area contributed by atoms with Gasteiger partial charge in [0.05, 0.1) is 12.4 Å². The Balaban J connectivity index is 2.13. The van der Waals surface area contributed by atoms with E-state index in [1.165, 1.54) is 18.0 Å². The maximum atomic E-state index is 5.57. The summed E-state index contributed by atoms with van der Waals surface area (Å²) in [6.45, 7) is 6.52. The summed E-state index contributed by atoms with van der Waals surface area (Å²) in [4.78, 5) is 7.96. The first-order chi connectivity index (χ1) is 8.45. The molecule has 0 amide bonds. The molecule has 18 heavy (non-hydrogen) atoms. The van der Waals surface area contributed by atoms with Gasteiger partial charge in [-0.15, -0.1) is 0 Å². The number of nitrogens with zero attached hydrogens (tertiary/aromatic N) is 2. The Bertz CT molecular complexity index is 512. The first-order valence-corrected chi connectivity index (χ1v) is 5.81. The molecular formula is C14H17N3O. The maximum absolute atomic E-state index is 5.57. The van der Waals surface area contributed by atoms with E-state index in [1.54, 1.807) is 0 Å². The third kappa shape index (κ3) is 2.97. The number of hydrogen-bond donors (Lipinski definition) is 1. The van der Waals surface area contributed by atoms with E-state index in [1.807, 2.05) is 12.1 Å². The SMILES string of the molecule is CC(C)(C)c1ccc(Oc2cnc(N)cn2)cc1. The molecule has 2 aromatic rings. The highest BCUT2D eigenvalue weighted by atomic mass is 16.5. The molecule has 0 aliphatic carbocycles. The number of ether oxygens (including phenoxy) is 1. The van der Waals surface area contributed by atoms with Crippen LogP contribution in [0.5, 0.6) is 11.6 Å². The fourth-order valence-corrected chi connectivity index (χ4v) is 1.52. The van der Waals surface area contributed by atoms with Gasteiger partial charge in [0.2, 0.25) is 5.88 Å². The van der Waals surface area contributed by atoms with Crippen LogP contribution >= 0.6 is 0 Å². The summed E-state index contributed by atoms with van der Waals surface area (Å²) in [5, 5.41) is 0. The molecule has 0 saturated heterocycles. The third-order valence-corrected chi connectivity index (χ3v) is 2.59. The maximum Gasteiger partial charge on any atom is 0.237 e. The number of nitrogens with two attached hydrogens (primary N) is 1. The second-order valence-electron chi connectivity index (χ2n) is 5.16. The summed E-state index contributed by atoms with van der Waals surface area (Å²) < 4.78 is 5.57. The monoisotopic (exact) mass is 243 g/mol. The van der Waals surface area contributed by atoms with Crippen molar-refractivity contribution >= 4 is 5.82 Å². The molecule has 2 N–H and O–H groups in total. The first-order valence-electron chi connectivity index (χ1n) is 5.81. The Morgan fingerprint density at radius 3 is 2.17 bits per heavy atom. The van der Waals surface area contributed by atoms with Crippen LogP contribution in [0.2, 0.25) is 0 Å². The summed E-state index contributed by atoms with van der Waals surface area (Å²) in [5.74, 6) is 1.56. The van der Waals surface area contributed by atoms with Gasteiger partial charge in [0.15, 0.2) is 0 Å². The molecular weight excluding hydrogens is 226 g/mol. The van der Waals surface area contributed by atoms with Gasteiger partial charge in [-0.3, -0.25) is 0 Å². The van der Waals surface area contributed by atoms with Gasteiger partial charge in [-0.05, 0) is 23.1 Å². The van der Waals surface area contributed by atoms with Crippen LogP contribution < -0.4 is 10.5 Å². The highest BCUT2D eigenvalue weighted by Crippen LogP contribution is 2.26. The average Bonchev–Trinajstić information content (AvgIpc) is 2.32. The van der Waals surface area contributed by atoms with E-state index in [2.05, 4.69) is 42.9 Å². The van der Waals surface area contributed by atoms with Gasteiger partial charge in [-0.2, -0.15) is 0 Å². The molecule has 2 rings (SSSR count). The van der Waals surface area contributed by atoms with Crippen molar-refractivity contribution < 1.29 is 4.74 Å². The summed E-state index contributed by atoms with van der Waals surface area (Å²) in [7, 11) is 0. The Morgan fingerprint density at radius 2 is 1.67 bits per heavy atom. The first kappa shape index (κ1) is 12.4. The molecule has 0 aliphatic rings. The van der Waals surface area contributed by atoms with Crippen LogP contribution in [-0.4, -0.2) is 9.97 Å². The second kappa shape index (κ2) is 4.64. The molecule has 0 aliphatic heterocycles. The Hall–Kier alpha value is -2.10. The van der Waals surface area contributed by atoms with E-state index in [-0.39, 0.29) is 5.41 Å². The van der Waals surface area contributed by atoms with Crippen LogP contribution in [0.3, 0.4) is 0 Å². The molecule has 0 radical (unpaired) electrons. The zero-order chi connectivity index (χ0) is 13.2. The van der Waals surface area contributed by atoms with Crippen molar-refractivity contribution in [2.75, 3.05) is 5.73 Å². The van der Waals surface area contributed by atoms with E-state index in [0.717, 1.165) is 5.75 Å². The van der Waals surface area contributed by atoms with E-state index >= 15 is 0 Å². The molecule has 0 spiro atoms. The van der Waals surface area contributed by atoms with Gasteiger partial charge < -0.3 is 10.5 Å². The molecule has 0 atom stereocenters. The number of nitrogen functional groups attached to an aromatic ring is 1. The fourth-order valence-electron chi connectivity index (χ4n) is 1.52. The molecule has 94 valence electrons. The van der Waals surface area contributed by atoms with Crippen molar-refractivity contribution in [1.29, 1.82) is 0 Å². The third-order valence-electron chi connectivity index (χ3n) is 2.59. The van der Waals surface area contributed by atoms with Gasteiger partial charge in [0.25, 0.3) is 0 Å². The molecule has 1 aromatic carbocycles. The lowest BCUT2D eigenvalue weighted by Crippen LogP contribution is -2.10. The predicted molar refractivity (Wildman–Crippen MR) is 71.7 cm³/mol. The number of rotatable bonds is 2. The number of anilines is 1. The van der Waals surface area contributed by atoms with Crippen molar-refractivity contribution in [2.45, 2.75) is 26.2 Å². The lowest BCUT2D eigenvalue weighted by atomic mass is 9.87. The molecule has 0 saturated carbocycles. The van der Waals surface area contributed by atoms with Crippen molar-refractivity contribution in [1.82, 2.24) is 9.97 Å². The smallest absolute Gasteiger partial charge is 0.237 e. The van der Waals surface area contributed by atoms with Gasteiger partial charge in [0.1, 0.15) is 11.6 Å². The molecule has 1 aromatic heterocycles. The normalized spacial score (nSPS) is 11.3. The highest BCUT2D eigenvalue weighted by Gasteiger charge is 2.13. The van der Waals surface area contributed by atoms with Crippen LogP contribution in [-0.2, 0) is 5.41 Å². The lowest BCUT2D eigenvalue weighted by molar-refractivity contribution is 0.459. The molecule has 0 unspecified atom stereocenters. The minimum absolute atomic E-state index is 0.138. The fraction of sp³-hybridized carbons (Fsp3) is 0.286. The van der Waals surface area contributed by atoms with Gasteiger partial charge >= 0.3 is 0 Å². The van der Waals surface area contributed by atoms with E-state index < -0.39 is 0 Å². The summed E-state index contributed by atoms with van der Waals surface area (Å²) in [5.41, 5.74) is 6.86. The van der Waals surface area contributed by atoms with Crippen LogP contribution in [0, 0.1) is 0 Å². The predicted octanol–water partition coefficient (Wildman–Crippen LogP) is 3.15. The Kier molecular flexibility index (Phi) is 3.19. The van der Waals surface area contributed by atoms with Crippen molar-refractivity contribution in [3.63, 3.8) is 0 Å². The molecule has 1 heterocycles. The van der Waals surface area contributed by atoms with Gasteiger partial charge in [0, 0.05) is 0 Å². The summed E-state index contributed by atoms with van der Waals surface area (Å²) in [6, 6.07) is 7.97. The zero-order valence-electron chi connectivity index (χ0n) is 10.8. The minimum Gasteiger partial charge on any atom is -0.438 e. The number of benzene rings is 1. The quantitative estimate of drug-likeness (QED) is 0.880. The highest BCUT2D eigenvalue weighted by molar-refractivity contribution is 5.33. The van der Waals surface area contributed by atoms with E-state index in [4.69, 9.17) is 10.5 Å². The number of aromatic nitrogens is 2. The molecule has 4 heteroatoms. The van der Waals surface area contributed by atoms with Crippen molar-refractivity contribution in [2.24, 2.45) is 0 Å². The topological polar surface area (TPSA) is 61.0 Å². The molecule has 0 fully saturated rings. The summed E-state index contributed by atoms with van der Waals surface area (Å²) in [6.07, 6.45) is 2.98. The van der Waals surface area contributed by atoms with E-state index in [9.17, 15) is 0 Å². The molecule has 4 nitrogen and oxygen atoms in total. The minimum atomic E-state index is 0.138. The van der Waals surface area contributed by atoms with Gasteiger partial charge in [-0.25, -0.2) is 9.97 Å². The Morgan fingerprint density at radius 1 is 1.00 bits per heavy atom. The largest absolute Gasteiger partial charge is 0.438 e. The van der Waals surface area contributed by atoms with Gasteiger partial charge in [-0.1, -0.05) is 32.9 Å².